The van der Waals surface area contributed by atoms with Gasteiger partial charge in [-0.15, -0.1) is 0 Å². The molecular weight excluding hydrogens is 334 g/mol. The van der Waals surface area contributed by atoms with Gasteiger partial charge in [0.1, 0.15) is 4.92 Å². The number of benzene rings is 1. The second kappa shape index (κ2) is 7.70. The smallest absolute Gasteiger partial charge is 0.395 e. The summed E-state index contributed by atoms with van der Waals surface area (Å²) in [6.07, 6.45) is 0. The highest BCUT2D eigenvalue weighted by molar-refractivity contribution is 5.91. The fraction of sp³-hybridized carbons (Fsp3) is 0.421. The van der Waals surface area contributed by atoms with Crippen molar-refractivity contribution in [1.82, 2.24) is 9.80 Å². The maximum absolute atomic E-state index is 12.4. The molecule has 0 radical (unpaired) electrons. The molecular formula is C19H23N3O4. The lowest BCUT2D eigenvalue weighted by Crippen LogP contribution is -2.48. The van der Waals surface area contributed by atoms with E-state index in [4.69, 9.17) is 4.42 Å². The number of nitrogens with zero attached hydrogens (tertiary/aromatic N) is 3. The predicted molar refractivity (Wildman–Crippen MR) is 97.1 cm³/mol. The van der Waals surface area contributed by atoms with Crippen molar-refractivity contribution in [3.63, 3.8) is 0 Å². The van der Waals surface area contributed by atoms with Gasteiger partial charge in [0.05, 0.1) is 6.07 Å². The van der Waals surface area contributed by atoms with Gasteiger partial charge < -0.3 is 9.32 Å². The van der Waals surface area contributed by atoms with Crippen molar-refractivity contribution >= 4 is 11.8 Å². The fourth-order valence-corrected chi connectivity index (χ4v) is 3.07. The van der Waals surface area contributed by atoms with Crippen LogP contribution in [0, 0.1) is 10.1 Å². The number of carbonyl (C=O) groups is 1. The van der Waals surface area contributed by atoms with E-state index in [0.29, 0.717) is 19.0 Å². The summed E-state index contributed by atoms with van der Waals surface area (Å²) < 4.78 is 5.01. The lowest BCUT2D eigenvalue weighted by atomic mass is 10.0. The topological polar surface area (TPSA) is 79.8 Å². The molecule has 0 aliphatic carbocycles. The monoisotopic (exact) mass is 357 g/mol. The first-order chi connectivity index (χ1) is 12.4. The van der Waals surface area contributed by atoms with E-state index in [1.807, 2.05) is 0 Å². The zero-order valence-electron chi connectivity index (χ0n) is 15.1. The van der Waals surface area contributed by atoms with Gasteiger partial charge in [-0.25, -0.2) is 0 Å². The molecule has 1 aromatic heterocycles. The molecule has 0 atom stereocenters. The number of hydrogen-bond acceptors (Lipinski definition) is 5. The third kappa shape index (κ3) is 4.11. The van der Waals surface area contributed by atoms with Gasteiger partial charge in [-0.05, 0) is 23.1 Å². The summed E-state index contributed by atoms with van der Waals surface area (Å²) in [7, 11) is 0. The van der Waals surface area contributed by atoms with Gasteiger partial charge in [0.25, 0.3) is 5.91 Å². The molecule has 0 unspecified atom stereocenters. The Bertz CT molecular complexity index is 774. The third-order valence-corrected chi connectivity index (χ3v) is 4.69. The molecule has 1 saturated heterocycles. The minimum absolute atomic E-state index is 0.0226. The molecule has 1 fully saturated rings. The molecule has 7 heteroatoms. The van der Waals surface area contributed by atoms with Crippen LogP contribution in [-0.2, 0) is 6.54 Å². The van der Waals surface area contributed by atoms with Crippen LogP contribution in [0.15, 0.2) is 40.8 Å². The minimum Gasteiger partial charge on any atom is -0.395 e. The maximum Gasteiger partial charge on any atom is 0.433 e. The van der Waals surface area contributed by atoms with Crippen LogP contribution in [0.25, 0.3) is 0 Å². The molecule has 3 rings (SSSR count). The number of furan rings is 1. The van der Waals surface area contributed by atoms with Crippen molar-refractivity contribution in [3.05, 3.63) is 63.4 Å². The Hall–Kier alpha value is -2.67. The minimum atomic E-state index is -0.640. The summed E-state index contributed by atoms with van der Waals surface area (Å²) in [5.41, 5.74) is 2.59. The zero-order valence-corrected chi connectivity index (χ0v) is 15.1. The zero-order chi connectivity index (χ0) is 18.7. The highest BCUT2D eigenvalue weighted by Gasteiger charge is 2.26. The van der Waals surface area contributed by atoms with E-state index in [1.165, 1.54) is 23.3 Å². The van der Waals surface area contributed by atoms with Crippen molar-refractivity contribution in [2.24, 2.45) is 0 Å². The summed E-state index contributed by atoms with van der Waals surface area (Å²) in [6.45, 7) is 7.90. The van der Waals surface area contributed by atoms with Crippen LogP contribution >= 0.6 is 0 Å². The second-order valence-electron chi connectivity index (χ2n) is 6.86. The molecule has 0 N–H and O–H groups in total. The van der Waals surface area contributed by atoms with E-state index in [-0.39, 0.29) is 11.7 Å². The number of rotatable bonds is 5. The van der Waals surface area contributed by atoms with Crippen molar-refractivity contribution in [2.45, 2.75) is 26.3 Å². The van der Waals surface area contributed by atoms with Crippen LogP contribution in [0.5, 0.6) is 0 Å². The largest absolute Gasteiger partial charge is 0.433 e. The molecule has 0 saturated carbocycles. The summed E-state index contributed by atoms with van der Waals surface area (Å²) in [5.74, 6) is -0.152. The highest BCUT2D eigenvalue weighted by atomic mass is 16.6. The van der Waals surface area contributed by atoms with Crippen LogP contribution < -0.4 is 0 Å². The number of hydrogen-bond donors (Lipinski definition) is 0. The standard InChI is InChI=1S/C19H23N3O4/c1-14(2)16-5-3-15(4-6-16)13-20-9-11-21(12-10-20)19(23)17-7-8-18(26-17)22(24)25/h3-8,14H,9-13H2,1-2H3. The van der Waals surface area contributed by atoms with Crippen LogP contribution in [0.4, 0.5) is 5.88 Å². The van der Waals surface area contributed by atoms with Gasteiger partial charge in [-0.3, -0.25) is 19.8 Å². The summed E-state index contributed by atoms with van der Waals surface area (Å²) >= 11 is 0. The Morgan fingerprint density at radius 3 is 2.31 bits per heavy atom. The Kier molecular flexibility index (Phi) is 5.37. The average Bonchev–Trinajstić information content (AvgIpc) is 3.13. The van der Waals surface area contributed by atoms with Crippen molar-refractivity contribution < 1.29 is 14.1 Å². The first kappa shape index (κ1) is 18.1. The lowest BCUT2D eigenvalue weighted by Gasteiger charge is -2.34. The van der Waals surface area contributed by atoms with Crippen molar-refractivity contribution in [1.29, 1.82) is 0 Å². The van der Waals surface area contributed by atoms with Crippen LogP contribution in [0.2, 0.25) is 0 Å². The van der Waals surface area contributed by atoms with Gasteiger partial charge in [0.15, 0.2) is 5.76 Å². The van der Waals surface area contributed by atoms with Crippen LogP contribution in [0.1, 0.15) is 41.4 Å². The fourth-order valence-electron chi connectivity index (χ4n) is 3.07. The molecule has 2 aromatic rings. The quantitative estimate of drug-likeness (QED) is 0.606. The van der Waals surface area contributed by atoms with Gasteiger partial charge >= 0.3 is 5.88 Å². The van der Waals surface area contributed by atoms with E-state index < -0.39 is 10.8 Å². The highest BCUT2D eigenvalue weighted by Crippen LogP contribution is 2.19. The van der Waals surface area contributed by atoms with Gasteiger partial charge in [-0.2, -0.15) is 0 Å². The van der Waals surface area contributed by atoms with Crippen LogP contribution in [0.3, 0.4) is 0 Å². The molecule has 0 spiro atoms. The van der Waals surface area contributed by atoms with Gasteiger partial charge in [0, 0.05) is 32.7 Å². The molecule has 138 valence electrons. The summed E-state index contributed by atoms with van der Waals surface area (Å²) in [4.78, 5) is 26.4. The first-order valence-electron chi connectivity index (χ1n) is 8.78. The Labute approximate surface area is 152 Å². The molecule has 2 heterocycles. The third-order valence-electron chi connectivity index (χ3n) is 4.69. The molecule has 1 aromatic carbocycles. The van der Waals surface area contributed by atoms with E-state index in [9.17, 15) is 14.9 Å². The Balaban J connectivity index is 1.53. The van der Waals surface area contributed by atoms with E-state index >= 15 is 0 Å². The van der Waals surface area contributed by atoms with E-state index in [0.717, 1.165) is 19.6 Å². The Morgan fingerprint density at radius 2 is 1.77 bits per heavy atom. The van der Waals surface area contributed by atoms with E-state index in [2.05, 4.69) is 43.0 Å². The maximum atomic E-state index is 12.4. The molecule has 1 aliphatic rings. The van der Waals surface area contributed by atoms with Crippen molar-refractivity contribution in [2.75, 3.05) is 26.2 Å². The first-order valence-corrected chi connectivity index (χ1v) is 8.78. The molecule has 1 amide bonds. The lowest BCUT2D eigenvalue weighted by molar-refractivity contribution is -0.402. The van der Waals surface area contributed by atoms with Gasteiger partial charge in [-0.1, -0.05) is 38.1 Å². The average molecular weight is 357 g/mol. The summed E-state index contributed by atoms with van der Waals surface area (Å²) in [6, 6.07) is 11.2. The molecule has 1 aliphatic heterocycles. The Morgan fingerprint density at radius 1 is 1.12 bits per heavy atom. The molecule has 26 heavy (non-hydrogen) atoms. The molecule has 0 bridgehead atoms. The number of carbonyl (C=O) groups excluding carboxylic acids is 1. The van der Waals surface area contributed by atoms with Crippen LogP contribution in [-0.4, -0.2) is 46.8 Å². The SMILES string of the molecule is CC(C)c1ccc(CN2CCN(C(=O)c3ccc([N+](=O)[O-])o3)CC2)cc1. The predicted octanol–water partition coefficient (Wildman–Crippen LogP) is 3.27. The molecule has 7 nitrogen and oxygen atoms in total. The number of nitro groups is 1. The summed E-state index contributed by atoms with van der Waals surface area (Å²) in [5, 5.41) is 10.7. The van der Waals surface area contributed by atoms with Gasteiger partial charge in [0.2, 0.25) is 0 Å². The van der Waals surface area contributed by atoms with Crippen molar-refractivity contribution in [3.8, 4) is 0 Å². The number of piperazine rings is 1. The number of amides is 1. The van der Waals surface area contributed by atoms with E-state index in [1.54, 1.807) is 4.90 Å². The second-order valence-corrected chi connectivity index (χ2v) is 6.86. The normalized spacial score (nSPS) is 15.4.